The van der Waals surface area contributed by atoms with Crippen LogP contribution in [0.15, 0.2) is 36.4 Å². The van der Waals surface area contributed by atoms with Gasteiger partial charge in [0.05, 0.1) is 13.1 Å². The molecule has 0 aliphatic carbocycles. The van der Waals surface area contributed by atoms with E-state index in [4.69, 9.17) is 5.73 Å². The molecule has 0 atom stereocenters. The van der Waals surface area contributed by atoms with Gasteiger partial charge in [-0.2, -0.15) is 0 Å². The number of amides is 2. The molecule has 1 aliphatic rings. The van der Waals surface area contributed by atoms with Gasteiger partial charge in [0.25, 0.3) is 0 Å². The predicted molar refractivity (Wildman–Crippen MR) is 104 cm³/mol. The number of rotatable bonds is 6. The van der Waals surface area contributed by atoms with E-state index in [1.54, 1.807) is 28.4 Å². The van der Waals surface area contributed by atoms with Gasteiger partial charge in [0, 0.05) is 48.0 Å². The Morgan fingerprint density at radius 2 is 1.85 bits per heavy atom. The fraction of sp³-hybridized carbons (Fsp3) is 0.368. The molecule has 1 aliphatic heterocycles. The summed E-state index contributed by atoms with van der Waals surface area (Å²) in [5.74, 6) is -0.625. The van der Waals surface area contributed by atoms with Crippen molar-refractivity contribution in [1.82, 2.24) is 15.1 Å². The van der Waals surface area contributed by atoms with Gasteiger partial charge in [-0.1, -0.05) is 18.2 Å². The van der Waals surface area contributed by atoms with E-state index in [0.717, 1.165) is 24.5 Å². The van der Waals surface area contributed by atoms with Crippen molar-refractivity contribution in [3.63, 3.8) is 0 Å². The molecule has 0 radical (unpaired) electrons. The SMILES string of the molecule is NCC(=O)NCC(=O)N1CCN(Cc2ccc(-c3ccccc3F)s2)CC1. The fourth-order valence-electron chi connectivity index (χ4n) is 3.00. The normalized spacial score (nSPS) is 15.0. The zero-order valence-electron chi connectivity index (χ0n) is 15.0. The molecule has 8 heteroatoms. The highest BCUT2D eigenvalue weighted by Gasteiger charge is 2.21. The van der Waals surface area contributed by atoms with Crippen LogP contribution in [0.1, 0.15) is 4.88 Å². The third-order valence-corrected chi connectivity index (χ3v) is 5.63. The average Bonchev–Trinajstić information content (AvgIpc) is 3.15. The summed E-state index contributed by atoms with van der Waals surface area (Å²) in [5, 5.41) is 2.51. The van der Waals surface area contributed by atoms with Crippen molar-refractivity contribution in [2.75, 3.05) is 39.3 Å². The average molecular weight is 390 g/mol. The highest BCUT2D eigenvalue weighted by molar-refractivity contribution is 7.15. The number of hydrogen-bond donors (Lipinski definition) is 2. The lowest BCUT2D eigenvalue weighted by Crippen LogP contribution is -2.51. The lowest BCUT2D eigenvalue weighted by molar-refractivity contribution is -0.134. The van der Waals surface area contributed by atoms with Gasteiger partial charge in [-0.05, 0) is 18.2 Å². The monoisotopic (exact) mass is 390 g/mol. The Balaban J connectivity index is 1.49. The molecule has 0 saturated carbocycles. The van der Waals surface area contributed by atoms with Gasteiger partial charge >= 0.3 is 0 Å². The minimum atomic E-state index is -0.328. The van der Waals surface area contributed by atoms with Gasteiger partial charge in [-0.25, -0.2) is 4.39 Å². The zero-order valence-corrected chi connectivity index (χ0v) is 15.8. The van der Waals surface area contributed by atoms with E-state index >= 15 is 0 Å². The standard InChI is InChI=1S/C19H23FN4O2S/c20-16-4-2-1-3-15(16)17-6-5-14(27-17)13-23-7-9-24(10-8-23)19(26)12-22-18(25)11-21/h1-6H,7-13,21H2,(H,22,25). The molecule has 0 bridgehead atoms. The van der Waals surface area contributed by atoms with Gasteiger partial charge in [0.15, 0.2) is 0 Å². The maximum absolute atomic E-state index is 13.9. The quantitative estimate of drug-likeness (QED) is 0.779. The summed E-state index contributed by atoms with van der Waals surface area (Å²) in [4.78, 5) is 29.4. The summed E-state index contributed by atoms with van der Waals surface area (Å²) in [6.45, 7) is 3.45. The molecular formula is C19H23FN4O2S. The van der Waals surface area contributed by atoms with Crippen molar-refractivity contribution in [2.24, 2.45) is 5.73 Å². The number of halogens is 1. The van der Waals surface area contributed by atoms with Gasteiger partial charge in [0.1, 0.15) is 5.82 Å². The van der Waals surface area contributed by atoms with Crippen LogP contribution >= 0.6 is 11.3 Å². The van der Waals surface area contributed by atoms with E-state index in [9.17, 15) is 14.0 Å². The largest absolute Gasteiger partial charge is 0.346 e. The van der Waals surface area contributed by atoms with Crippen molar-refractivity contribution >= 4 is 23.2 Å². The number of carbonyl (C=O) groups excluding carboxylic acids is 2. The third kappa shape index (κ3) is 5.12. The van der Waals surface area contributed by atoms with Crippen LogP contribution in [0.4, 0.5) is 4.39 Å². The number of nitrogens with zero attached hydrogens (tertiary/aromatic N) is 2. The molecular weight excluding hydrogens is 367 g/mol. The van der Waals surface area contributed by atoms with Crippen molar-refractivity contribution in [3.05, 3.63) is 47.1 Å². The number of benzene rings is 1. The summed E-state index contributed by atoms with van der Waals surface area (Å²) in [6, 6.07) is 10.8. The van der Waals surface area contributed by atoms with E-state index in [0.29, 0.717) is 18.7 Å². The molecule has 1 aromatic carbocycles. The summed E-state index contributed by atoms with van der Waals surface area (Å²) >= 11 is 1.59. The molecule has 1 fully saturated rings. The molecule has 1 saturated heterocycles. The molecule has 27 heavy (non-hydrogen) atoms. The number of carbonyl (C=O) groups is 2. The van der Waals surface area contributed by atoms with Crippen LogP contribution in [0.5, 0.6) is 0 Å². The molecule has 0 unspecified atom stereocenters. The van der Waals surface area contributed by atoms with Crippen LogP contribution in [0.25, 0.3) is 10.4 Å². The van der Waals surface area contributed by atoms with Crippen molar-refractivity contribution in [1.29, 1.82) is 0 Å². The van der Waals surface area contributed by atoms with E-state index in [1.165, 1.54) is 10.9 Å². The molecule has 0 spiro atoms. The first-order valence-corrected chi connectivity index (χ1v) is 9.69. The highest BCUT2D eigenvalue weighted by Crippen LogP contribution is 2.30. The summed E-state index contributed by atoms with van der Waals surface area (Å²) in [6.07, 6.45) is 0. The number of thiophene rings is 1. The second-order valence-corrected chi connectivity index (χ2v) is 7.55. The van der Waals surface area contributed by atoms with Crippen molar-refractivity contribution < 1.29 is 14.0 Å². The summed E-state index contributed by atoms with van der Waals surface area (Å²) in [5.41, 5.74) is 5.84. The zero-order chi connectivity index (χ0) is 19.2. The van der Waals surface area contributed by atoms with Gasteiger partial charge in [-0.15, -0.1) is 11.3 Å². The van der Waals surface area contributed by atoms with E-state index in [-0.39, 0.29) is 30.7 Å². The third-order valence-electron chi connectivity index (χ3n) is 4.53. The van der Waals surface area contributed by atoms with E-state index < -0.39 is 0 Å². The Morgan fingerprint density at radius 3 is 2.56 bits per heavy atom. The first-order valence-electron chi connectivity index (χ1n) is 8.87. The maximum Gasteiger partial charge on any atom is 0.242 e. The van der Waals surface area contributed by atoms with Gasteiger partial charge < -0.3 is 16.0 Å². The molecule has 6 nitrogen and oxygen atoms in total. The fourth-order valence-corrected chi connectivity index (χ4v) is 4.08. The molecule has 144 valence electrons. The Morgan fingerprint density at radius 1 is 1.11 bits per heavy atom. The molecule has 1 aromatic heterocycles. The van der Waals surface area contributed by atoms with Gasteiger partial charge in [-0.3, -0.25) is 14.5 Å². The molecule has 3 rings (SSSR count). The summed E-state index contributed by atoms with van der Waals surface area (Å²) < 4.78 is 13.9. The second kappa shape index (κ2) is 9.07. The number of hydrogen-bond acceptors (Lipinski definition) is 5. The van der Waals surface area contributed by atoms with Crippen LogP contribution in [0, 0.1) is 5.82 Å². The smallest absolute Gasteiger partial charge is 0.242 e. The highest BCUT2D eigenvalue weighted by atomic mass is 32.1. The van der Waals surface area contributed by atoms with Gasteiger partial charge in [0.2, 0.25) is 11.8 Å². The molecule has 3 N–H and O–H groups in total. The van der Waals surface area contributed by atoms with Crippen molar-refractivity contribution in [3.8, 4) is 10.4 Å². The Labute approximate surface area is 161 Å². The van der Waals surface area contributed by atoms with E-state index in [1.807, 2.05) is 18.2 Å². The number of nitrogens with two attached hydrogens (primary N) is 1. The van der Waals surface area contributed by atoms with Crippen LogP contribution in [-0.2, 0) is 16.1 Å². The number of piperazine rings is 1. The topological polar surface area (TPSA) is 78.7 Å². The molecule has 2 heterocycles. The lowest BCUT2D eigenvalue weighted by atomic mass is 10.2. The molecule has 2 aromatic rings. The first-order chi connectivity index (χ1) is 13.1. The van der Waals surface area contributed by atoms with Crippen LogP contribution in [-0.4, -0.2) is 60.9 Å². The Kier molecular flexibility index (Phi) is 6.54. The van der Waals surface area contributed by atoms with Crippen LogP contribution < -0.4 is 11.1 Å². The lowest BCUT2D eigenvalue weighted by Gasteiger charge is -2.34. The first kappa shape index (κ1) is 19.5. The Bertz CT molecular complexity index is 803. The number of nitrogens with one attached hydrogen (secondary N) is 1. The van der Waals surface area contributed by atoms with E-state index in [2.05, 4.69) is 10.2 Å². The van der Waals surface area contributed by atoms with Crippen LogP contribution in [0.2, 0.25) is 0 Å². The predicted octanol–water partition coefficient (Wildman–Crippen LogP) is 1.27. The summed E-state index contributed by atoms with van der Waals surface area (Å²) in [7, 11) is 0. The van der Waals surface area contributed by atoms with Crippen LogP contribution in [0.3, 0.4) is 0 Å². The maximum atomic E-state index is 13.9. The van der Waals surface area contributed by atoms with Crippen molar-refractivity contribution in [2.45, 2.75) is 6.54 Å². The minimum absolute atomic E-state index is 0.00699. The minimum Gasteiger partial charge on any atom is -0.346 e. The Hall–Kier alpha value is -2.29. The molecule has 2 amide bonds. The second-order valence-electron chi connectivity index (χ2n) is 6.38.